The number of likely N-dealkylation sites (tertiary alicyclic amines) is 1. The topological polar surface area (TPSA) is 68.2 Å². The highest BCUT2D eigenvalue weighted by atomic mass is 35.5. The number of aliphatic hydroxyl groups is 1. The first kappa shape index (κ1) is 24.5. The fourth-order valence-corrected chi connectivity index (χ4v) is 4.55. The molecule has 0 bridgehead atoms. The number of carbonyl (C=O) groups excluding carboxylic acids is 1. The van der Waals surface area contributed by atoms with Crippen LogP contribution in [-0.2, 0) is 11.3 Å². The smallest absolute Gasteiger partial charge is 0.375 e. The minimum atomic E-state index is -4.83. The molecule has 2 aliphatic heterocycles. The number of hydrogen-bond acceptors (Lipinski definition) is 5. The first-order valence-electron chi connectivity index (χ1n) is 11.0. The fraction of sp³-hybridized carbons (Fsp3) is 0.417. The van der Waals surface area contributed by atoms with Gasteiger partial charge in [0.15, 0.2) is 0 Å². The molecule has 10 heteroatoms. The summed E-state index contributed by atoms with van der Waals surface area (Å²) in [5, 5.41) is 14.6. The number of fused-ring (bicyclic) bond motifs is 1. The van der Waals surface area contributed by atoms with Crippen LogP contribution in [0.3, 0.4) is 0 Å². The number of nitrogens with zero attached hydrogens (tertiary/aromatic N) is 3. The van der Waals surface area contributed by atoms with Crippen LogP contribution in [0.5, 0.6) is 0 Å². The number of nitrogens with one attached hydrogen (secondary N) is 1. The molecule has 6 nitrogen and oxygen atoms in total. The largest absolute Gasteiger partial charge is 0.471 e. The van der Waals surface area contributed by atoms with E-state index in [2.05, 4.69) is 10.3 Å². The van der Waals surface area contributed by atoms with Crippen molar-refractivity contribution in [3.8, 4) is 0 Å². The lowest BCUT2D eigenvalue weighted by Crippen LogP contribution is -2.62. The van der Waals surface area contributed by atoms with Gasteiger partial charge < -0.3 is 14.9 Å². The summed E-state index contributed by atoms with van der Waals surface area (Å²) in [6.45, 7) is 2.49. The molecule has 2 atom stereocenters. The van der Waals surface area contributed by atoms with Gasteiger partial charge >= 0.3 is 12.1 Å². The maximum Gasteiger partial charge on any atom is 0.471 e. The zero-order chi connectivity index (χ0) is 24.6. The molecule has 0 aromatic heterocycles. The Labute approximate surface area is 201 Å². The maximum atomic E-state index is 12.5. The second-order valence-corrected chi connectivity index (χ2v) is 9.01. The summed E-state index contributed by atoms with van der Waals surface area (Å²) in [4.78, 5) is 18.6. The summed E-state index contributed by atoms with van der Waals surface area (Å²) in [6.07, 6.45) is 0.528. The third-order valence-electron chi connectivity index (χ3n) is 6.40. The molecule has 0 spiro atoms. The molecule has 1 aromatic rings. The molecule has 1 aliphatic carbocycles. The van der Waals surface area contributed by atoms with Gasteiger partial charge in [0.05, 0.1) is 11.8 Å². The van der Waals surface area contributed by atoms with Crippen LogP contribution in [-0.4, -0.2) is 60.2 Å². The van der Waals surface area contributed by atoms with Crippen molar-refractivity contribution in [2.75, 3.05) is 25.0 Å². The number of hydrogen-bond donors (Lipinski definition) is 2. The molecule has 0 saturated carbocycles. The highest BCUT2D eigenvalue weighted by Crippen LogP contribution is 2.35. The van der Waals surface area contributed by atoms with Crippen LogP contribution in [0.15, 0.2) is 63.8 Å². The molecular weight excluding hydrogens is 469 g/mol. The average molecular weight is 495 g/mol. The van der Waals surface area contributed by atoms with E-state index in [-0.39, 0.29) is 25.0 Å². The van der Waals surface area contributed by atoms with Crippen molar-refractivity contribution in [2.45, 2.75) is 38.3 Å². The van der Waals surface area contributed by atoms with Crippen LogP contribution in [0, 0.1) is 5.92 Å². The summed E-state index contributed by atoms with van der Waals surface area (Å²) in [6, 6.07) is 7.38. The van der Waals surface area contributed by atoms with Crippen LogP contribution >= 0.6 is 11.6 Å². The minimum absolute atomic E-state index is 0.0398. The number of amides is 1. The Kier molecular flexibility index (Phi) is 6.89. The van der Waals surface area contributed by atoms with Crippen LogP contribution in [0.4, 0.5) is 18.9 Å². The minimum Gasteiger partial charge on any atom is -0.375 e. The van der Waals surface area contributed by atoms with Crippen molar-refractivity contribution in [3.63, 3.8) is 0 Å². The van der Waals surface area contributed by atoms with Gasteiger partial charge in [0.25, 0.3) is 0 Å². The quantitative estimate of drug-likeness (QED) is 0.567. The van der Waals surface area contributed by atoms with E-state index in [9.17, 15) is 23.1 Å². The molecule has 1 amide bonds. The monoisotopic (exact) mass is 494 g/mol. The first-order chi connectivity index (χ1) is 16.1. The van der Waals surface area contributed by atoms with Crippen molar-refractivity contribution in [1.29, 1.82) is 0 Å². The van der Waals surface area contributed by atoms with Crippen molar-refractivity contribution < 1.29 is 23.1 Å². The van der Waals surface area contributed by atoms with E-state index < -0.39 is 18.3 Å². The summed E-state index contributed by atoms with van der Waals surface area (Å²) >= 11 is 6.16. The Morgan fingerprint density at radius 2 is 1.97 bits per heavy atom. The Bertz CT molecular complexity index is 1070. The summed E-state index contributed by atoms with van der Waals surface area (Å²) < 4.78 is 37.6. The van der Waals surface area contributed by atoms with Crippen LogP contribution in [0.25, 0.3) is 0 Å². The Hall–Kier alpha value is -2.62. The number of anilines is 1. The molecular formula is C24H26ClF3N4O2. The van der Waals surface area contributed by atoms with Crippen molar-refractivity contribution >= 4 is 28.9 Å². The van der Waals surface area contributed by atoms with Gasteiger partial charge in [0.2, 0.25) is 0 Å². The molecule has 1 fully saturated rings. The number of halogens is 4. The predicted molar refractivity (Wildman–Crippen MR) is 125 cm³/mol. The van der Waals surface area contributed by atoms with E-state index >= 15 is 0 Å². The third kappa shape index (κ3) is 4.92. The van der Waals surface area contributed by atoms with E-state index in [4.69, 9.17) is 11.6 Å². The highest BCUT2D eigenvalue weighted by molar-refractivity contribution is 6.32. The van der Waals surface area contributed by atoms with E-state index in [0.717, 1.165) is 33.1 Å². The van der Waals surface area contributed by atoms with Crippen molar-refractivity contribution in [3.05, 3.63) is 64.4 Å². The highest BCUT2D eigenvalue weighted by Gasteiger charge is 2.47. The second kappa shape index (κ2) is 9.56. The molecule has 2 unspecified atom stereocenters. The van der Waals surface area contributed by atoms with Gasteiger partial charge in [-0.15, -0.1) is 0 Å². The van der Waals surface area contributed by atoms with E-state index in [1.165, 1.54) is 0 Å². The van der Waals surface area contributed by atoms with Gasteiger partial charge in [0.1, 0.15) is 6.23 Å². The van der Waals surface area contributed by atoms with E-state index in [1.54, 1.807) is 13.1 Å². The lowest BCUT2D eigenvalue weighted by Gasteiger charge is -2.44. The van der Waals surface area contributed by atoms with Gasteiger partial charge in [-0.05, 0) is 36.3 Å². The Balaban J connectivity index is 1.32. The van der Waals surface area contributed by atoms with Gasteiger partial charge in [0, 0.05) is 54.6 Å². The lowest BCUT2D eigenvalue weighted by atomic mass is 9.90. The molecule has 3 aliphatic rings. The van der Waals surface area contributed by atoms with Crippen molar-refractivity contribution in [2.24, 2.45) is 10.9 Å². The normalized spacial score (nSPS) is 21.1. The number of aliphatic hydroxyl groups excluding tert-OH is 1. The second-order valence-electron chi connectivity index (χ2n) is 8.58. The Morgan fingerprint density at radius 1 is 1.29 bits per heavy atom. The number of rotatable bonds is 7. The zero-order valence-electron chi connectivity index (χ0n) is 18.8. The number of benzene rings is 1. The fourth-order valence-electron chi connectivity index (χ4n) is 4.37. The van der Waals surface area contributed by atoms with Crippen molar-refractivity contribution in [1.82, 2.24) is 10.2 Å². The van der Waals surface area contributed by atoms with E-state index in [0.29, 0.717) is 18.0 Å². The van der Waals surface area contributed by atoms with Gasteiger partial charge in [-0.3, -0.25) is 15.1 Å². The number of alkyl halides is 3. The van der Waals surface area contributed by atoms with Gasteiger partial charge in [-0.25, -0.2) is 0 Å². The molecule has 2 N–H and O–H groups in total. The molecule has 182 valence electrons. The molecule has 0 radical (unpaired) electrons. The van der Waals surface area contributed by atoms with Gasteiger partial charge in [-0.1, -0.05) is 36.7 Å². The molecule has 34 heavy (non-hydrogen) atoms. The predicted octanol–water partition coefficient (Wildman–Crippen LogP) is 3.73. The standard InChI is InChI=1S/C24H26ClF3N4O2/c1-3-19-21(18-10-15(25)6-9-20(18)30-19)22(33)29-11-14-4-7-16(8-5-14)31(2)17-12-32(13-17)23(34)24(26,27)28/h4-10,17-18,22,29,33H,3,11-13H2,1-2H3. The number of aliphatic imine (C=N–C) groups is 1. The maximum absolute atomic E-state index is 12.5. The average Bonchev–Trinajstić information content (AvgIpc) is 3.13. The summed E-state index contributed by atoms with van der Waals surface area (Å²) in [5.74, 6) is -1.93. The number of carbonyl (C=O) groups is 1. The molecule has 1 aromatic carbocycles. The SMILES string of the molecule is CCC1=C(C(O)NCc2ccc(N(C)C3CN(C(=O)C(F)(F)F)C3)cc2)C2C=C(Cl)C=CC2=N1. The zero-order valence-corrected chi connectivity index (χ0v) is 19.6. The first-order valence-corrected chi connectivity index (χ1v) is 11.4. The van der Waals surface area contributed by atoms with E-state index in [1.807, 2.05) is 48.2 Å². The number of allylic oxidation sites excluding steroid dienone is 5. The Morgan fingerprint density at radius 3 is 2.59 bits per heavy atom. The molecule has 2 heterocycles. The molecule has 4 rings (SSSR count). The number of likely N-dealkylation sites (N-methyl/N-ethyl adjacent to an activating group) is 1. The van der Waals surface area contributed by atoms with Gasteiger partial charge in [-0.2, -0.15) is 13.2 Å². The van der Waals surface area contributed by atoms with Crippen LogP contribution in [0.1, 0.15) is 18.9 Å². The van der Waals surface area contributed by atoms with Crippen LogP contribution < -0.4 is 10.2 Å². The third-order valence-corrected chi connectivity index (χ3v) is 6.65. The molecule has 1 saturated heterocycles. The lowest BCUT2D eigenvalue weighted by molar-refractivity contribution is -0.189. The summed E-state index contributed by atoms with van der Waals surface area (Å²) in [7, 11) is 1.80. The van der Waals surface area contributed by atoms with Crippen LogP contribution in [0.2, 0.25) is 0 Å². The summed E-state index contributed by atoms with van der Waals surface area (Å²) in [5.41, 5.74) is 4.30.